The number of methoxy groups -OCH3 is 1. The van der Waals surface area contributed by atoms with Crippen LogP contribution in [0.5, 0.6) is 5.75 Å². The molecule has 0 aliphatic rings. The van der Waals surface area contributed by atoms with E-state index in [1.54, 1.807) is 25.8 Å². The number of nitrogen functional groups attached to an aromatic ring is 1. The number of hydrogen-bond acceptors (Lipinski definition) is 8. The van der Waals surface area contributed by atoms with Crippen molar-refractivity contribution in [1.29, 1.82) is 0 Å². The quantitative estimate of drug-likeness (QED) is 0.228. The lowest BCUT2D eigenvalue weighted by Crippen LogP contribution is -2.05. The molecule has 0 spiro atoms. The largest absolute Gasteiger partial charge is 0.497 e. The van der Waals surface area contributed by atoms with E-state index in [0.29, 0.717) is 31.6 Å². The number of aromatic nitrogens is 2. The summed E-state index contributed by atoms with van der Waals surface area (Å²) in [4.78, 5) is 22.9. The van der Waals surface area contributed by atoms with Crippen molar-refractivity contribution in [3.8, 4) is 17.0 Å². The predicted octanol–water partition coefficient (Wildman–Crippen LogP) is 5.42. The summed E-state index contributed by atoms with van der Waals surface area (Å²) in [5.41, 5.74) is 9.47. The molecule has 0 aliphatic heterocycles. The second-order valence-corrected chi connectivity index (χ2v) is 8.54. The zero-order valence-electron chi connectivity index (χ0n) is 17.1. The number of benzene rings is 2. The van der Waals surface area contributed by atoms with Gasteiger partial charge in [-0.25, -0.2) is 14.8 Å². The summed E-state index contributed by atoms with van der Waals surface area (Å²) in [6.45, 7) is 2.05. The lowest BCUT2D eigenvalue weighted by molar-refractivity contribution is 0.0533. The van der Waals surface area contributed by atoms with Crippen molar-refractivity contribution in [1.82, 2.24) is 9.97 Å². The molecule has 4 aromatic rings. The highest BCUT2D eigenvalue weighted by atomic mass is 32.2. The summed E-state index contributed by atoms with van der Waals surface area (Å²) in [6.07, 6.45) is 0. The summed E-state index contributed by atoms with van der Waals surface area (Å²) < 4.78 is 10.4. The molecular weight excluding hydrogens is 430 g/mol. The number of esters is 1. The molecule has 2 aromatic heterocycles. The van der Waals surface area contributed by atoms with Gasteiger partial charge in [-0.1, -0.05) is 42.1 Å². The summed E-state index contributed by atoms with van der Waals surface area (Å²) in [6, 6.07) is 17.7. The van der Waals surface area contributed by atoms with Gasteiger partial charge in [0.25, 0.3) is 0 Å². The number of ether oxygens (including phenoxy) is 2. The average Bonchev–Trinajstić information content (AvgIpc) is 3.14. The van der Waals surface area contributed by atoms with Gasteiger partial charge in [0, 0.05) is 11.3 Å². The van der Waals surface area contributed by atoms with Crippen LogP contribution in [0.3, 0.4) is 0 Å². The van der Waals surface area contributed by atoms with Crippen LogP contribution in [0.25, 0.3) is 21.5 Å². The fourth-order valence-corrected chi connectivity index (χ4v) is 4.94. The highest BCUT2D eigenvalue weighted by Gasteiger charge is 2.23. The molecule has 8 heteroatoms. The van der Waals surface area contributed by atoms with Gasteiger partial charge in [0.05, 0.1) is 30.5 Å². The van der Waals surface area contributed by atoms with Crippen molar-refractivity contribution < 1.29 is 14.3 Å². The third-order valence-electron chi connectivity index (χ3n) is 4.60. The standard InChI is InChI=1S/C23H21N3O3S2/c1-3-29-22(27)20-18(24)17-19(15-9-11-16(28-2)12-10-15)25-23(26-21(17)31-20)30-13-14-7-5-4-6-8-14/h4-12H,3,13,24H2,1-2H3. The zero-order valence-corrected chi connectivity index (χ0v) is 18.8. The van der Waals surface area contributed by atoms with E-state index >= 15 is 0 Å². The Kier molecular flexibility index (Phi) is 6.39. The van der Waals surface area contributed by atoms with Crippen LogP contribution in [-0.4, -0.2) is 29.7 Å². The molecule has 0 atom stereocenters. The molecule has 2 heterocycles. The van der Waals surface area contributed by atoms with Crippen LogP contribution in [0, 0.1) is 0 Å². The molecule has 0 saturated carbocycles. The summed E-state index contributed by atoms with van der Waals surface area (Å²) >= 11 is 2.78. The van der Waals surface area contributed by atoms with Crippen molar-refractivity contribution >= 4 is 45.0 Å². The number of fused-ring (bicyclic) bond motifs is 1. The first kappa shape index (κ1) is 21.1. The molecule has 0 aliphatic carbocycles. The fraction of sp³-hybridized carbons (Fsp3) is 0.174. The minimum Gasteiger partial charge on any atom is -0.497 e. The Bertz CT molecular complexity index is 1210. The molecule has 4 rings (SSSR count). The van der Waals surface area contributed by atoms with Crippen LogP contribution in [-0.2, 0) is 10.5 Å². The van der Waals surface area contributed by atoms with E-state index in [1.807, 2.05) is 42.5 Å². The van der Waals surface area contributed by atoms with Gasteiger partial charge in [-0.15, -0.1) is 11.3 Å². The Hall–Kier alpha value is -3.10. The van der Waals surface area contributed by atoms with Gasteiger partial charge < -0.3 is 15.2 Å². The second kappa shape index (κ2) is 9.36. The molecule has 158 valence electrons. The van der Waals surface area contributed by atoms with Crippen LogP contribution in [0.15, 0.2) is 59.8 Å². The Balaban J connectivity index is 1.81. The molecule has 2 aromatic carbocycles. The van der Waals surface area contributed by atoms with Crippen LogP contribution >= 0.6 is 23.1 Å². The Morgan fingerprint density at radius 2 is 1.84 bits per heavy atom. The number of rotatable bonds is 7. The minimum atomic E-state index is -0.442. The molecule has 6 nitrogen and oxygen atoms in total. The number of carbonyl (C=O) groups is 1. The molecular formula is C23H21N3O3S2. The van der Waals surface area contributed by atoms with Gasteiger partial charge in [0.2, 0.25) is 0 Å². The maximum absolute atomic E-state index is 12.4. The number of thioether (sulfide) groups is 1. The van der Waals surface area contributed by atoms with E-state index < -0.39 is 5.97 Å². The maximum atomic E-state index is 12.4. The number of anilines is 1. The van der Waals surface area contributed by atoms with Gasteiger partial charge in [-0.2, -0.15) is 0 Å². The van der Waals surface area contributed by atoms with Crippen molar-refractivity contribution in [2.24, 2.45) is 0 Å². The lowest BCUT2D eigenvalue weighted by atomic mass is 10.1. The molecule has 0 saturated heterocycles. The normalized spacial score (nSPS) is 10.9. The third-order valence-corrected chi connectivity index (χ3v) is 6.60. The van der Waals surface area contributed by atoms with Gasteiger partial charge >= 0.3 is 5.97 Å². The smallest absolute Gasteiger partial charge is 0.350 e. The van der Waals surface area contributed by atoms with E-state index in [4.69, 9.17) is 25.2 Å². The predicted molar refractivity (Wildman–Crippen MR) is 126 cm³/mol. The Morgan fingerprint density at radius 1 is 1.10 bits per heavy atom. The molecule has 0 fully saturated rings. The Labute approximate surface area is 188 Å². The number of hydrogen-bond donors (Lipinski definition) is 1. The summed E-state index contributed by atoms with van der Waals surface area (Å²) in [7, 11) is 1.62. The van der Waals surface area contributed by atoms with Crippen LogP contribution in [0.1, 0.15) is 22.2 Å². The third kappa shape index (κ3) is 4.50. The minimum absolute atomic E-state index is 0.279. The monoisotopic (exact) mass is 451 g/mol. The van der Waals surface area contributed by atoms with Gasteiger partial charge in [0.1, 0.15) is 15.5 Å². The average molecular weight is 452 g/mol. The topological polar surface area (TPSA) is 87.3 Å². The van der Waals surface area contributed by atoms with Crippen molar-refractivity contribution in [2.45, 2.75) is 17.8 Å². The van der Waals surface area contributed by atoms with E-state index in [9.17, 15) is 4.79 Å². The van der Waals surface area contributed by atoms with Crippen molar-refractivity contribution in [2.75, 3.05) is 19.5 Å². The number of thiophene rings is 1. The number of nitrogens with zero attached hydrogens (tertiary/aromatic N) is 2. The van der Waals surface area contributed by atoms with Crippen molar-refractivity contribution in [3.05, 3.63) is 65.0 Å². The summed E-state index contributed by atoms with van der Waals surface area (Å²) in [5.74, 6) is 1.04. The Morgan fingerprint density at radius 3 is 2.52 bits per heavy atom. The van der Waals surface area contributed by atoms with E-state index in [2.05, 4.69) is 12.1 Å². The first-order chi connectivity index (χ1) is 15.1. The van der Waals surface area contributed by atoms with Crippen molar-refractivity contribution in [3.63, 3.8) is 0 Å². The second-order valence-electron chi connectivity index (χ2n) is 6.60. The lowest BCUT2D eigenvalue weighted by Gasteiger charge is -2.08. The van der Waals surface area contributed by atoms with E-state index in [-0.39, 0.29) is 6.61 Å². The van der Waals surface area contributed by atoms with Crippen LogP contribution in [0.2, 0.25) is 0 Å². The molecule has 0 unspecified atom stereocenters. The highest BCUT2D eigenvalue weighted by Crippen LogP contribution is 2.40. The van der Waals surface area contributed by atoms with Crippen LogP contribution in [0.4, 0.5) is 5.69 Å². The van der Waals surface area contributed by atoms with Gasteiger partial charge in [-0.3, -0.25) is 0 Å². The van der Waals surface area contributed by atoms with E-state index in [1.165, 1.54) is 16.9 Å². The first-order valence-electron chi connectivity index (χ1n) is 9.69. The van der Waals surface area contributed by atoms with Crippen LogP contribution < -0.4 is 10.5 Å². The first-order valence-corrected chi connectivity index (χ1v) is 11.5. The zero-order chi connectivity index (χ0) is 21.8. The maximum Gasteiger partial charge on any atom is 0.350 e. The SMILES string of the molecule is CCOC(=O)c1sc2nc(SCc3ccccc3)nc(-c3ccc(OC)cc3)c2c1N. The highest BCUT2D eigenvalue weighted by molar-refractivity contribution is 7.98. The van der Waals surface area contributed by atoms with Gasteiger partial charge in [0.15, 0.2) is 5.16 Å². The molecule has 0 bridgehead atoms. The molecule has 31 heavy (non-hydrogen) atoms. The molecule has 2 N–H and O–H groups in total. The number of carbonyl (C=O) groups excluding carboxylic acids is 1. The van der Waals surface area contributed by atoms with Gasteiger partial charge in [-0.05, 0) is 36.8 Å². The fourth-order valence-electron chi connectivity index (χ4n) is 3.10. The summed E-state index contributed by atoms with van der Waals surface area (Å²) in [5, 5.41) is 1.29. The molecule has 0 amide bonds. The van der Waals surface area contributed by atoms with E-state index in [0.717, 1.165) is 17.1 Å². The number of nitrogens with two attached hydrogens (primary N) is 1. The molecule has 0 radical (unpaired) electrons.